The first-order valence-electron chi connectivity index (χ1n) is 2.98. The van der Waals surface area contributed by atoms with Crippen molar-refractivity contribution in [2.45, 2.75) is 6.92 Å². The maximum atomic E-state index is 10.7. The highest BCUT2D eigenvalue weighted by Crippen LogP contribution is 2.05. The third kappa shape index (κ3) is 1.35. The van der Waals surface area contributed by atoms with Gasteiger partial charge >= 0.3 is 0 Å². The fraction of sp³-hybridized carbons (Fsp3) is 0.125. The predicted molar refractivity (Wildman–Crippen MR) is 39.7 cm³/mol. The van der Waals surface area contributed by atoms with Crippen LogP contribution in [0.2, 0.25) is 0 Å². The Morgan fingerprint density at radius 3 is 2.80 bits per heavy atom. The number of anilines is 1. The van der Waals surface area contributed by atoms with Crippen LogP contribution in [-0.4, -0.2) is 5.78 Å². The van der Waals surface area contributed by atoms with Crippen molar-refractivity contribution in [1.29, 1.82) is 0 Å². The Hall–Kier alpha value is -1.31. The lowest BCUT2D eigenvalue weighted by molar-refractivity contribution is 0.101. The molecule has 0 aliphatic heterocycles. The highest BCUT2D eigenvalue weighted by molar-refractivity contribution is 5.94. The van der Waals surface area contributed by atoms with E-state index in [-0.39, 0.29) is 5.78 Å². The molecule has 2 N–H and O–H groups in total. The third-order valence-corrected chi connectivity index (χ3v) is 1.20. The van der Waals surface area contributed by atoms with Gasteiger partial charge in [0.05, 0.1) is 0 Å². The van der Waals surface area contributed by atoms with Gasteiger partial charge in [0, 0.05) is 11.3 Å². The van der Waals surface area contributed by atoms with Gasteiger partial charge in [0.25, 0.3) is 0 Å². The van der Waals surface area contributed by atoms with Crippen LogP contribution in [0.25, 0.3) is 0 Å². The van der Waals surface area contributed by atoms with Crippen LogP contribution >= 0.6 is 0 Å². The number of hydrogen-bond donors (Lipinski definition) is 1. The van der Waals surface area contributed by atoms with Crippen LogP contribution in [0, 0.1) is 6.07 Å². The molecule has 1 aromatic rings. The number of Topliss-reactive ketones (excluding diaryl/α,β-unsaturated/α-hetero) is 1. The zero-order chi connectivity index (χ0) is 7.56. The molecule has 0 aliphatic rings. The zero-order valence-corrected chi connectivity index (χ0v) is 5.72. The Labute approximate surface area is 59.7 Å². The number of carbonyl (C=O) groups excluding carboxylic acids is 1. The number of benzene rings is 1. The van der Waals surface area contributed by atoms with Crippen molar-refractivity contribution in [3.63, 3.8) is 0 Å². The molecular formula is C8H8NO. The summed E-state index contributed by atoms with van der Waals surface area (Å²) in [5.41, 5.74) is 6.57. The van der Waals surface area contributed by atoms with E-state index in [4.69, 9.17) is 5.73 Å². The first-order valence-corrected chi connectivity index (χ1v) is 2.98. The van der Waals surface area contributed by atoms with E-state index in [9.17, 15) is 4.79 Å². The average molecular weight is 134 g/mol. The van der Waals surface area contributed by atoms with Crippen LogP contribution in [0.1, 0.15) is 17.3 Å². The SMILES string of the molecule is CC(=O)c1[c]ccc(N)c1. The molecule has 1 aromatic carbocycles. The Morgan fingerprint density at radius 1 is 1.70 bits per heavy atom. The fourth-order valence-corrected chi connectivity index (χ4v) is 0.687. The molecule has 0 heterocycles. The van der Waals surface area contributed by atoms with Crippen molar-refractivity contribution in [2.24, 2.45) is 0 Å². The first-order chi connectivity index (χ1) is 4.70. The molecule has 0 saturated heterocycles. The van der Waals surface area contributed by atoms with Crippen LogP contribution in [0.15, 0.2) is 18.2 Å². The molecule has 0 aliphatic carbocycles. The van der Waals surface area contributed by atoms with Gasteiger partial charge in [-0.1, -0.05) is 6.07 Å². The number of ketones is 1. The van der Waals surface area contributed by atoms with Gasteiger partial charge in [-0.25, -0.2) is 0 Å². The summed E-state index contributed by atoms with van der Waals surface area (Å²) in [6.07, 6.45) is 0. The second kappa shape index (κ2) is 2.52. The topological polar surface area (TPSA) is 43.1 Å². The number of nitrogens with two attached hydrogens (primary N) is 1. The Kier molecular flexibility index (Phi) is 1.71. The van der Waals surface area contributed by atoms with Crippen LogP contribution in [0.5, 0.6) is 0 Å². The van der Waals surface area contributed by atoms with Gasteiger partial charge < -0.3 is 5.73 Å². The molecule has 2 nitrogen and oxygen atoms in total. The molecule has 0 saturated carbocycles. The minimum Gasteiger partial charge on any atom is -0.399 e. The van der Waals surface area contributed by atoms with Crippen molar-refractivity contribution < 1.29 is 4.79 Å². The first kappa shape index (κ1) is 6.81. The van der Waals surface area contributed by atoms with Crippen LogP contribution in [-0.2, 0) is 0 Å². The molecule has 0 unspecified atom stereocenters. The molecule has 0 spiro atoms. The lowest BCUT2D eigenvalue weighted by atomic mass is 10.1. The van der Waals surface area contributed by atoms with E-state index in [2.05, 4.69) is 6.07 Å². The molecule has 1 radical (unpaired) electrons. The van der Waals surface area contributed by atoms with E-state index < -0.39 is 0 Å². The summed E-state index contributed by atoms with van der Waals surface area (Å²) in [6.45, 7) is 1.49. The van der Waals surface area contributed by atoms with Crippen molar-refractivity contribution in [2.75, 3.05) is 5.73 Å². The minimum absolute atomic E-state index is 0.00713. The van der Waals surface area contributed by atoms with Crippen LogP contribution < -0.4 is 5.73 Å². The maximum Gasteiger partial charge on any atom is 0.160 e. The molecule has 2 heteroatoms. The summed E-state index contributed by atoms with van der Waals surface area (Å²) in [7, 11) is 0. The van der Waals surface area contributed by atoms with E-state index in [1.54, 1.807) is 18.2 Å². The fourth-order valence-electron chi connectivity index (χ4n) is 0.687. The Balaban J connectivity index is 3.07. The molecule has 0 atom stereocenters. The number of carbonyl (C=O) groups is 1. The zero-order valence-electron chi connectivity index (χ0n) is 5.72. The smallest absolute Gasteiger partial charge is 0.160 e. The summed E-state index contributed by atoms with van der Waals surface area (Å²) >= 11 is 0. The van der Waals surface area contributed by atoms with E-state index in [1.165, 1.54) is 6.92 Å². The Morgan fingerprint density at radius 2 is 2.40 bits per heavy atom. The summed E-state index contributed by atoms with van der Waals surface area (Å²) in [6, 6.07) is 7.74. The number of hydrogen-bond acceptors (Lipinski definition) is 2. The van der Waals surface area contributed by atoms with Crippen molar-refractivity contribution in [1.82, 2.24) is 0 Å². The highest BCUT2D eigenvalue weighted by Gasteiger charge is 1.96. The molecular weight excluding hydrogens is 126 g/mol. The third-order valence-electron chi connectivity index (χ3n) is 1.20. The van der Waals surface area contributed by atoms with E-state index >= 15 is 0 Å². The van der Waals surface area contributed by atoms with Crippen LogP contribution in [0.4, 0.5) is 5.69 Å². The molecule has 0 fully saturated rings. The van der Waals surface area contributed by atoms with Gasteiger partial charge in [0.1, 0.15) is 0 Å². The average Bonchev–Trinajstić information content (AvgIpc) is 1.88. The predicted octanol–water partition coefficient (Wildman–Crippen LogP) is 1.27. The minimum atomic E-state index is -0.00713. The number of rotatable bonds is 1. The molecule has 0 aromatic heterocycles. The molecule has 0 amide bonds. The highest BCUT2D eigenvalue weighted by atomic mass is 16.1. The molecule has 10 heavy (non-hydrogen) atoms. The molecule has 1 rings (SSSR count). The second-order valence-electron chi connectivity index (χ2n) is 2.09. The second-order valence-corrected chi connectivity index (χ2v) is 2.09. The largest absolute Gasteiger partial charge is 0.399 e. The monoisotopic (exact) mass is 134 g/mol. The van der Waals surface area contributed by atoms with Gasteiger partial charge in [-0.3, -0.25) is 4.79 Å². The normalized spacial score (nSPS) is 9.30. The maximum absolute atomic E-state index is 10.7. The van der Waals surface area contributed by atoms with E-state index in [0.29, 0.717) is 11.3 Å². The molecule has 51 valence electrons. The Bertz CT molecular complexity index is 255. The lowest BCUT2D eigenvalue weighted by Gasteiger charge is -1.94. The van der Waals surface area contributed by atoms with Gasteiger partial charge in [0.15, 0.2) is 5.78 Å². The summed E-state index contributed by atoms with van der Waals surface area (Å²) < 4.78 is 0. The van der Waals surface area contributed by atoms with Crippen LogP contribution in [0.3, 0.4) is 0 Å². The van der Waals surface area contributed by atoms with E-state index in [0.717, 1.165) is 0 Å². The van der Waals surface area contributed by atoms with Crippen molar-refractivity contribution in [3.8, 4) is 0 Å². The quantitative estimate of drug-likeness (QED) is 0.464. The van der Waals surface area contributed by atoms with Crippen molar-refractivity contribution in [3.05, 3.63) is 29.8 Å². The summed E-state index contributed by atoms with van der Waals surface area (Å²) in [5.74, 6) is -0.00713. The van der Waals surface area contributed by atoms with Crippen molar-refractivity contribution >= 4 is 11.5 Å². The lowest BCUT2D eigenvalue weighted by Crippen LogP contribution is -1.93. The van der Waals surface area contributed by atoms with Gasteiger partial charge in [-0.05, 0) is 25.1 Å². The van der Waals surface area contributed by atoms with Gasteiger partial charge in [-0.15, -0.1) is 0 Å². The molecule has 0 bridgehead atoms. The van der Waals surface area contributed by atoms with Gasteiger partial charge in [-0.2, -0.15) is 0 Å². The summed E-state index contributed by atoms with van der Waals surface area (Å²) in [4.78, 5) is 10.7. The van der Waals surface area contributed by atoms with E-state index in [1.807, 2.05) is 0 Å². The summed E-state index contributed by atoms with van der Waals surface area (Å²) in [5, 5.41) is 0. The van der Waals surface area contributed by atoms with Gasteiger partial charge in [0.2, 0.25) is 0 Å². The standard InChI is InChI=1S/C8H8NO/c1-6(10)7-3-2-4-8(9)5-7/h2,4-5H,9H2,1H3. The number of nitrogen functional groups attached to an aromatic ring is 1.